The number of benzene rings is 2. The van der Waals surface area contributed by atoms with E-state index in [0.717, 1.165) is 68.5 Å². The number of methoxy groups -OCH3 is 1. The molecular weight excluding hydrogens is 725 g/mol. The molecule has 56 heavy (non-hydrogen) atoms. The van der Waals surface area contributed by atoms with Gasteiger partial charge in [-0.25, -0.2) is 9.37 Å². The average Bonchev–Trinajstić information content (AvgIpc) is 3.92. The molecule has 0 saturated heterocycles. The number of hydrogen-bond acceptors (Lipinski definition) is 6. The number of aromatic nitrogens is 1. The Morgan fingerprint density at radius 2 is 1.77 bits per heavy atom. The smallest absolute Gasteiger partial charge is 0.257 e. The monoisotopic (exact) mass is 787 g/mol. The minimum atomic E-state index is -0.455. The number of fused-ring (bicyclic) bond motifs is 1. The van der Waals surface area contributed by atoms with Gasteiger partial charge in [0.25, 0.3) is 5.91 Å². The standard InChI is InChI=1S/C31H32ClFN4O2.C15H31NO/c1-17-20(7-5-9-25(17)36-30(38)23(14-15-34)29(35-2)18-10-11-18)27-24(33)13-12-22(28(27)32)26-16-19-6-4-8-21(19)31(37-26)39-3;1-7-13(6)10-11-15(8-2,9-3)16-14(17)12(4)5/h5,7,9,12-14,16,35H,4,6,8,10-11,15,34H2,1-3H3,(H,36,38);12-13H,7-11H2,1-6H3,(H,16,17)/b23-14+;. The van der Waals surface area contributed by atoms with Crippen LogP contribution in [0.15, 0.2) is 59.3 Å². The van der Waals surface area contributed by atoms with Crippen molar-refractivity contribution in [2.45, 2.75) is 118 Å². The summed E-state index contributed by atoms with van der Waals surface area (Å²) in [6.07, 6.45) is 12.1. The highest BCUT2D eigenvalue weighted by molar-refractivity contribution is 6.36. The third-order valence-electron chi connectivity index (χ3n) is 11.5. The fraction of sp³-hybridized carbons (Fsp3) is 0.500. The van der Waals surface area contributed by atoms with Gasteiger partial charge in [-0.3, -0.25) is 9.59 Å². The summed E-state index contributed by atoms with van der Waals surface area (Å²) < 4.78 is 21.0. The summed E-state index contributed by atoms with van der Waals surface area (Å²) in [6, 6.07) is 10.5. The number of anilines is 1. The van der Waals surface area contributed by atoms with E-state index in [2.05, 4.69) is 43.6 Å². The van der Waals surface area contributed by atoms with Gasteiger partial charge in [0.05, 0.1) is 23.4 Å². The summed E-state index contributed by atoms with van der Waals surface area (Å²) in [6.45, 7) is 14.9. The van der Waals surface area contributed by atoms with Gasteiger partial charge in [0.15, 0.2) is 0 Å². The Morgan fingerprint density at radius 1 is 1.05 bits per heavy atom. The summed E-state index contributed by atoms with van der Waals surface area (Å²) in [7, 11) is 3.41. The van der Waals surface area contributed by atoms with Crippen LogP contribution in [0.1, 0.15) is 110 Å². The molecule has 1 unspecified atom stereocenters. The second-order valence-corrected chi connectivity index (χ2v) is 15.9. The number of nitrogens with one attached hydrogen (secondary N) is 3. The lowest BCUT2D eigenvalue weighted by atomic mass is 9.84. The largest absolute Gasteiger partial charge is 0.481 e. The van der Waals surface area contributed by atoms with Crippen LogP contribution in [0, 0.1) is 24.6 Å². The first-order valence-electron chi connectivity index (χ1n) is 20.4. The van der Waals surface area contributed by atoms with Crippen molar-refractivity contribution in [2.24, 2.45) is 17.6 Å². The molecule has 5 rings (SSSR count). The van der Waals surface area contributed by atoms with Crippen molar-refractivity contribution in [1.29, 1.82) is 0 Å². The van der Waals surface area contributed by atoms with Crippen molar-refractivity contribution in [1.82, 2.24) is 15.6 Å². The molecular formula is C46H63ClFN5O3. The normalized spacial score (nSPS) is 14.1. The highest BCUT2D eigenvalue weighted by Crippen LogP contribution is 2.42. The summed E-state index contributed by atoms with van der Waals surface area (Å²) in [4.78, 5) is 29.9. The van der Waals surface area contributed by atoms with Crippen molar-refractivity contribution in [3.05, 3.63) is 86.8 Å². The van der Waals surface area contributed by atoms with Crippen LogP contribution in [0.4, 0.5) is 10.1 Å². The van der Waals surface area contributed by atoms with Gasteiger partial charge in [0.1, 0.15) is 5.82 Å². The highest BCUT2D eigenvalue weighted by Gasteiger charge is 2.29. The van der Waals surface area contributed by atoms with Crippen molar-refractivity contribution in [3.8, 4) is 28.3 Å². The van der Waals surface area contributed by atoms with Gasteiger partial charge in [-0.05, 0) is 117 Å². The summed E-state index contributed by atoms with van der Waals surface area (Å²) >= 11 is 6.91. The number of pyridine rings is 1. The minimum absolute atomic E-state index is 0.0186. The minimum Gasteiger partial charge on any atom is -0.481 e. The second-order valence-electron chi connectivity index (χ2n) is 15.5. The zero-order valence-corrected chi connectivity index (χ0v) is 35.7. The molecule has 1 atom stereocenters. The van der Waals surface area contributed by atoms with Crippen LogP contribution in [-0.4, -0.2) is 43.0 Å². The van der Waals surface area contributed by atoms with Crippen LogP contribution >= 0.6 is 11.6 Å². The zero-order valence-electron chi connectivity index (χ0n) is 35.0. The number of nitrogens with zero attached hydrogens (tertiary/aromatic N) is 1. The Bertz CT molecular complexity index is 1930. The average molecular weight is 788 g/mol. The zero-order chi connectivity index (χ0) is 41.2. The Labute approximate surface area is 339 Å². The third kappa shape index (κ3) is 10.6. The molecule has 0 aliphatic heterocycles. The van der Waals surface area contributed by atoms with E-state index in [4.69, 9.17) is 27.1 Å². The van der Waals surface area contributed by atoms with E-state index in [1.807, 2.05) is 26.8 Å². The second kappa shape index (κ2) is 20.3. The number of carbonyl (C=O) groups excluding carboxylic acids is 2. The Kier molecular flexibility index (Phi) is 16.1. The van der Waals surface area contributed by atoms with Gasteiger partial charge in [-0.1, -0.05) is 77.8 Å². The highest BCUT2D eigenvalue weighted by atomic mass is 35.5. The molecule has 2 aromatic carbocycles. The lowest BCUT2D eigenvalue weighted by molar-refractivity contribution is -0.126. The number of aryl methyl sites for hydroxylation is 1. The van der Waals surface area contributed by atoms with E-state index >= 15 is 4.39 Å². The molecule has 3 aromatic rings. The van der Waals surface area contributed by atoms with Gasteiger partial charge < -0.3 is 26.4 Å². The van der Waals surface area contributed by atoms with Crippen molar-refractivity contribution in [3.63, 3.8) is 0 Å². The van der Waals surface area contributed by atoms with Crippen LogP contribution < -0.4 is 26.4 Å². The van der Waals surface area contributed by atoms with Crippen molar-refractivity contribution in [2.75, 3.05) is 26.0 Å². The summed E-state index contributed by atoms with van der Waals surface area (Å²) in [5.74, 6) is 0.880. The molecule has 5 N–H and O–H groups in total. The van der Waals surface area contributed by atoms with E-state index in [0.29, 0.717) is 39.5 Å². The molecule has 2 aliphatic rings. The lowest BCUT2D eigenvalue weighted by Gasteiger charge is -2.34. The van der Waals surface area contributed by atoms with Gasteiger partial charge in [-0.15, -0.1) is 0 Å². The molecule has 0 radical (unpaired) electrons. The van der Waals surface area contributed by atoms with E-state index < -0.39 is 5.82 Å². The van der Waals surface area contributed by atoms with Crippen molar-refractivity contribution >= 4 is 29.1 Å². The molecule has 2 amide bonds. The van der Waals surface area contributed by atoms with Crippen LogP contribution in [-0.2, 0) is 22.4 Å². The van der Waals surface area contributed by atoms with Gasteiger partial charge >= 0.3 is 0 Å². The van der Waals surface area contributed by atoms with Crippen LogP contribution in [0.25, 0.3) is 22.4 Å². The Balaban J connectivity index is 0.000000347. The molecule has 2 aliphatic carbocycles. The van der Waals surface area contributed by atoms with Gasteiger partial charge in [-0.2, -0.15) is 0 Å². The Morgan fingerprint density at radius 3 is 2.36 bits per heavy atom. The maximum absolute atomic E-state index is 15.4. The quantitative estimate of drug-likeness (QED) is 0.107. The fourth-order valence-electron chi connectivity index (χ4n) is 7.30. The summed E-state index contributed by atoms with van der Waals surface area (Å²) in [5, 5.41) is 9.67. The van der Waals surface area contributed by atoms with E-state index in [-0.39, 0.29) is 40.4 Å². The SMILES string of the molecule is CCC(C)CCC(CC)(CC)NC(=O)C(C)C.CNC(=C1CC1)/C(=C\CN)C(=O)Nc1cccc(-c2c(F)ccc(-c3cc4c(c(OC)n3)CCC4)c2Cl)c1C. The third-order valence-corrected chi connectivity index (χ3v) is 11.9. The maximum atomic E-state index is 15.4. The van der Waals surface area contributed by atoms with Crippen LogP contribution in [0.3, 0.4) is 0 Å². The molecule has 1 saturated carbocycles. The number of amides is 2. The molecule has 1 heterocycles. The number of ether oxygens (including phenoxy) is 1. The Hall–Kier alpha value is -4.21. The first kappa shape index (κ1) is 44.5. The predicted octanol–water partition coefficient (Wildman–Crippen LogP) is 10.2. The van der Waals surface area contributed by atoms with Crippen molar-refractivity contribution < 1.29 is 18.7 Å². The molecule has 10 heteroatoms. The van der Waals surface area contributed by atoms with Crippen LogP contribution in [0.2, 0.25) is 5.02 Å². The van der Waals surface area contributed by atoms with E-state index in [1.165, 1.54) is 30.0 Å². The van der Waals surface area contributed by atoms with E-state index in [1.54, 1.807) is 44.5 Å². The molecule has 8 nitrogen and oxygen atoms in total. The molecule has 1 fully saturated rings. The molecule has 1 aromatic heterocycles. The number of rotatable bonds is 16. The molecule has 304 valence electrons. The molecule has 0 spiro atoms. The topological polar surface area (TPSA) is 118 Å². The lowest BCUT2D eigenvalue weighted by Crippen LogP contribution is -2.49. The maximum Gasteiger partial charge on any atom is 0.257 e. The number of carbonyl (C=O) groups is 2. The molecule has 0 bridgehead atoms. The first-order chi connectivity index (χ1) is 26.8. The first-order valence-corrected chi connectivity index (χ1v) is 20.7. The van der Waals surface area contributed by atoms with Gasteiger partial charge in [0, 0.05) is 53.1 Å². The number of hydrogen-bond donors (Lipinski definition) is 4. The summed E-state index contributed by atoms with van der Waals surface area (Å²) in [5.41, 5.74) is 14.0. The number of halogens is 2. The number of allylic oxidation sites excluding steroid dienone is 1. The number of nitrogens with two attached hydrogens (primary N) is 1. The van der Waals surface area contributed by atoms with Crippen LogP contribution in [0.5, 0.6) is 5.88 Å². The number of likely N-dealkylation sites (N-methyl/N-ethyl adjacent to an activating group) is 1. The fourth-order valence-corrected chi connectivity index (χ4v) is 7.65. The van der Waals surface area contributed by atoms with Gasteiger partial charge in [0.2, 0.25) is 11.8 Å². The predicted molar refractivity (Wildman–Crippen MR) is 229 cm³/mol. The van der Waals surface area contributed by atoms with E-state index in [9.17, 15) is 9.59 Å².